The molecule has 184 valence electrons. The van der Waals surface area contributed by atoms with Gasteiger partial charge in [-0.25, -0.2) is 9.78 Å². The molecule has 0 spiro atoms. The number of thiazole rings is 1. The van der Waals surface area contributed by atoms with Crippen molar-refractivity contribution in [2.45, 2.75) is 19.9 Å². The minimum atomic E-state index is -1.14. The highest BCUT2D eigenvalue weighted by Gasteiger charge is 2.48. The summed E-state index contributed by atoms with van der Waals surface area (Å²) >= 11 is 4.19. The molecular weight excluding hydrogens is 554 g/mol. The van der Waals surface area contributed by atoms with Gasteiger partial charge in [0.15, 0.2) is 5.13 Å². The van der Waals surface area contributed by atoms with Gasteiger partial charge in [-0.15, -0.1) is 0 Å². The lowest BCUT2D eigenvalue weighted by Crippen LogP contribution is -2.29. The molecule has 4 rings (SSSR count). The molecule has 0 aliphatic carbocycles. The number of Topliss-reactive ketones (excluding diaryl/α,β-unsaturated/α-hetero) is 1. The van der Waals surface area contributed by atoms with E-state index in [-0.39, 0.29) is 27.9 Å². The third kappa shape index (κ3) is 4.52. The van der Waals surface area contributed by atoms with Crippen LogP contribution in [0.1, 0.15) is 39.5 Å². The van der Waals surface area contributed by atoms with Crippen LogP contribution in [0.3, 0.4) is 0 Å². The molecule has 1 aliphatic heterocycles. The Kier molecular flexibility index (Phi) is 7.00. The van der Waals surface area contributed by atoms with E-state index < -0.39 is 34.4 Å². The molecule has 0 bridgehead atoms. The zero-order valence-corrected chi connectivity index (χ0v) is 21.3. The number of nitro groups is 1. The number of carbonyl (C=O) groups is 3. The van der Waals surface area contributed by atoms with E-state index in [0.717, 1.165) is 20.7 Å². The Hall–Kier alpha value is -3.90. The number of benzene rings is 2. The average molecular weight is 572 g/mol. The maximum absolute atomic E-state index is 13.2. The monoisotopic (exact) mass is 571 g/mol. The van der Waals surface area contributed by atoms with Crippen molar-refractivity contribution >= 4 is 61.5 Å². The van der Waals surface area contributed by atoms with E-state index in [4.69, 9.17) is 4.74 Å². The first-order chi connectivity index (χ1) is 17.1. The second kappa shape index (κ2) is 9.99. The molecule has 1 atom stereocenters. The fourth-order valence-electron chi connectivity index (χ4n) is 3.76. The highest BCUT2D eigenvalue weighted by atomic mass is 79.9. The minimum Gasteiger partial charge on any atom is -0.507 e. The molecule has 0 saturated carbocycles. The van der Waals surface area contributed by atoms with Crippen LogP contribution in [0, 0.1) is 17.0 Å². The van der Waals surface area contributed by atoms with E-state index in [9.17, 15) is 29.6 Å². The van der Waals surface area contributed by atoms with Crippen LogP contribution in [0.5, 0.6) is 0 Å². The van der Waals surface area contributed by atoms with Gasteiger partial charge in [0.05, 0.1) is 28.8 Å². The number of aryl methyl sites for hydroxylation is 1. The lowest BCUT2D eigenvalue weighted by atomic mass is 9.95. The number of halogens is 1. The van der Waals surface area contributed by atoms with Crippen molar-refractivity contribution in [2.75, 3.05) is 11.5 Å². The van der Waals surface area contributed by atoms with Crippen molar-refractivity contribution in [1.82, 2.24) is 4.98 Å². The normalized spacial score (nSPS) is 16.9. The molecule has 10 nitrogen and oxygen atoms in total. The number of hydrogen-bond donors (Lipinski definition) is 1. The highest BCUT2D eigenvalue weighted by Crippen LogP contribution is 2.44. The van der Waals surface area contributed by atoms with Gasteiger partial charge in [0.2, 0.25) is 0 Å². The lowest BCUT2D eigenvalue weighted by molar-refractivity contribution is -0.384. The zero-order chi connectivity index (χ0) is 26.1. The average Bonchev–Trinajstić information content (AvgIpc) is 3.36. The molecule has 0 unspecified atom stereocenters. The second-order valence-electron chi connectivity index (χ2n) is 7.66. The van der Waals surface area contributed by atoms with Crippen LogP contribution in [-0.2, 0) is 14.3 Å². The molecule has 1 saturated heterocycles. The maximum atomic E-state index is 13.2. The molecule has 0 radical (unpaired) electrons. The summed E-state index contributed by atoms with van der Waals surface area (Å²) in [5, 5.41) is 22.3. The van der Waals surface area contributed by atoms with E-state index in [0.29, 0.717) is 16.8 Å². The number of rotatable bonds is 6. The number of aromatic nitrogens is 1. The predicted molar refractivity (Wildman–Crippen MR) is 135 cm³/mol. The number of amides is 1. The third-order valence-corrected chi connectivity index (χ3v) is 7.10. The number of anilines is 1. The van der Waals surface area contributed by atoms with Crippen molar-refractivity contribution in [1.29, 1.82) is 0 Å². The molecule has 1 amide bonds. The van der Waals surface area contributed by atoms with Gasteiger partial charge in [0, 0.05) is 22.2 Å². The molecule has 1 aromatic heterocycles. The second-order valence-corrected chi connectivity index (χ2v) is 9.55. The predicted octanol–water partition coefficient (Wildman–Crippen LogP) is 4.93. The molecule has 36 heavy (non-hydrogen) atoms. The van der Waals surface area contributed by atoms with Gasteiger partial charge >= 0.3 is 11.9 Å². The number of aliphatic hydroxyl groups is 1. The largest absolute Gasteiger partial charge is 0.507 e. The van der Waals surface area contributed by atoms with Gasteiger partial charge in [0.25, 0.3) is 11.5 Å². The summed E-state index contributed by atoms with van der Waals surface area (Å²) in [5.74, 6) is -2.94. The number of esters is 1. The Labute approximate surface area is 217 Å². The molecule has 2 heterocycles. The summed E-state index contributed by atoms with van der Waals surface area (Å²) in [7, 11) is 0. The van der Waals surface area contributed by atoms with E-state index in [2.05, 4.69) is 20.9 Å². The van der Waals surface area contributed by atoms with Crippen LogP contribution < -0.4 is 4.90 Å². The van der Waals surface area contributed by atoms with Crippen LogP contribution in [-0.4, -0.2) is 39.3 Å². The van der Waals surface area contributed by atoms with Crippen LogP contribution >= 0.6 is 27.3 Å². The van der Waals surface area contributed by atoms with E-state index in [1.807, 2.05) is 0 Å². The number of ether oxygens (including phenoxy) is 1. The van der Waals surface area contributed by atoms with Crippen molar-refractivity contribution in [3.63, 3.8) is 0 Å². The standard InChI is InChI=1S/C24H18BrN3O7S/c1-3-35-23(32)21-12(2)26-24(36-21)27-18(13-6-10-16(11-7-13)28(33)34)17(20(30)22(27)31)19(29)14-4-8-15(25)9-5-14/h4-11,18,29H,3H2,1-2H3/t18-/m1/s1. The molecule has 3 aromatic rings. The van der Waals surface area contributed by atoms with Gasteiger partial charge in [-0.2, -0.15) is 0 Å². The minimum absolute atomic E-state index is 0.0517. The Balaban J connectivity index is 1.91. The topological polar surface area (TPSA) is 140 Å². The van der Waals surface area contributed by atoms with Gasteiger partial charge < -0.3 is 9.84 Å². The summed E-state index contributed by atoms with van der Waals surface area (Å²) in [5.41, 5.74) is 0.556. The summed E-state index contributed by atoms with van der Waals surface area (Å²) in [6.45, 7) is 3.38. The third-order valence-electron chi connectivity index (χ3n) is 5.43. The number of carbonyl (C=O) groups excluding carboxylic acids is 3. The fraction of sp³-hybridized carbons (Fsp3) is 0.167. The van der Waals surface area contributed by atoms with Gasteiger partial charge in [-0.1, -0.05) is 39.4 Å². The smallest absolute Gasteiger partial charge is 0.350 e. The first-order valence-electron chi connectivity index (χ1n) is 10.6. The number of nitro benzene ring substituents is 1. The number of hydrogen-bond acceptors (Lipinski definition) is 9. The SMILES string of the molecule is CCOC(=O)c1sc(N2C(=O)C(=O)C(=C(O)c3ccc(Br)cc3)[C@H]2c2ccc([N+](=O)[O-])cc2)nc1C. The van der Waals surface area contributed by atoms with E-state index >= 15 is 0 Å². The Morgan fingerprint density at radius 2 is 1.83 bits per heavy atom. The Bertz CT molecular complexity index is 1410. The summed E-state index contributed by atoms with van der Waals surface area (Å²) in [4.78, 5) is 55.0. The molecule has 2 aromatic carbocycles. The van der Waals surface area contributed by atoms with Crippen molar-refractivity contribution < 1.29 is 29.2 Å². The quantitative estimate of drug-likeness (QED) is 0.110. The Morgan fingerprint density at radius 3 is 2.42 bits per heavy atom. The summed E-state index contributed by atoms with van der Waals surface area (Å²) < 4.78 is 5.80. The van der Waals surface area contributed by atoms with E-state index in [1.54, 1.807) is 38.1 Å². The van der Waals surface area contributed by atoms with Crippen LogP contribution in [0.2, 0.25) is 0 Å². The van der Waals surface area contributed by atoms with Crippen LogP contribution in [0.15, 0.2) is 58.6 Å². The van der Waals surface area contributed by atoms with Crippen molar-refractivity contribution in [3.05, 3.63) is 90.4 Å². The van der Waals surface area contributed by atoms with Crippen molar-refractivity contribution in [3.8, 4) is 0 Å². The zero-order valence-electron chi connectivity index (χ0n) is 18.9. The molecular formula is C24H18BrN3O7S. The number of non-ortho nitro benzene ring substituents is 1. The molecule has 1 aliphatic rings. The first kappa shape index (κ1) is 25.2. The number of aliphatic hydroxyl groups excluding tert-OH is 1. The Morgan fingerprint density at radius 1 is 1.19 bits per heavy atom. The lowest BCUT2D eigenvalue weighted by Gasteiger charge is -2.23. The summed E-state index contributed by atoms with van der Waals surface area (Å²) in [6, 6.07) is 10.6. The first-order valence-corrected chi connectivity index (χ1v) is 12.2. The van der Waals surface area contributed by atoms with Crippen molar-refractivity contribution in [2.24, 2.45) is 0 Å². The fourth-order valence-corrected chi connectivity index (χ4v) is 5.01. The molecule has 1 fully saturated rings. The molecule has 1 N–H and O–H groups in total. The number of ketones is 1. The summed E-state index contributed by atoms with van der Waals surface area (Å²) in [6.07, 6.45) is 0. The molecule has 12 heteroatoms. The maximum Gasteiger partial charge on any atom is 0.350 e. The highest BCUT2D eigenvalue weighted by molar-refractivity contribution is 9.10. The number of nitrogens with zero attached hydrogens (tertiary/aromatic N) is 3. The van der Waals surface area contributed by atoms with Gasteiger partial charge in [0.1, 0.15) is 10.6 Å². The van der Waals surface area contributed by atoms with Gasteiger partial charge in [-0.3, -0.25) is 24.6 Å². The van der Waals surface area contributed by atoms with E-state index in [1.165, 1.54) is 24.3 Å². The van der Waals surface area contributed by atoms with Crippen LogP contribution in [0.25, 0.3) is 5.76 Å². The van der Waals surface area contributed by atoms with Crippen LogP contribution in [0.4, 0.5) is 10.8 Å². The van der Waals surface area contributed by atoms with Gasteiger partial charge in [-0.05, 0) is 43.7 Å².